The number of thiophene rings is 1. The van der Waals surface area contributed by atoms with E-state index >= 15 is 0 Å². The number of aromatic nitrogens is 2. The van der Waals surface area contributed by atoms with Crippen LogP contribution in [-0.4, -0.2) is 21.5 Å². The van der Waals surface area contributed by atoms with E-state index in [0.717, 1.165) is 21.7 Å². The zero-order valence-electron chi connectivity index (χ0n) is 17.7. The first kappa shape index (κ1) is 21.7. The average molecular weight is 444 g/mol. The van der Waals surface area contributed by atoms with Crippen molar-refractivity contribution >= 4 is 23.0 Å². The molecule has 0 aliphatic heterocycles. The van der Waals surface area contributed by atoms with E-state index in [0.29, 0.717) is 32.4 Å². The number of hydrogen-bond donors (Lipinski definition) is 1. The van der Waals surface area contributed by atoms with Gasteiger partial charge in [0.15, 0.2) is 5.78 Å². The molecule has 0 aliphatic rings. The minimum Gasteiger partial charge on any atom is -0.352 e. The van der Waals surface area contributed by atoms with Crippen LogP contribution in [0, 0.1) is 0 Å². The maximum Gasteiger partial charge on any atom is 0.220 e. The van der Waals surface area contributed by atoms with Crippen LogP contribution in [0.5, 0.6) is 0 Å². The van der Waals surface area contributed by atoms with Crippen LogP contribution < -0.4 is 5.32 Å². The summed E-state index contributed by atoms with van der Waals surface area (Å²) in [5.41, 5.74) is 4.02. The second kappa shape index (κ2) is 10.7. The largest absolute Gasteiger partial charge is 0.352 e. The number of Topliss-reactive ketones (excluding diaryl/α,β-unsaturated/α-hetero) is 1. The molecule has 162 valence electrons. The molecule has 0 bridgehead atoms. The Morgan fingerprint density at radius 2 is 1.66 bits per heavy atom. The number of carbonyl (C=O) groups excluding carboxylic acids is 2. The van der Waals surface area contributed by atoms with Crippen LogP contribution in [0.4, 0.5) is 0 Å². The monoisotopic (exact) mass is 443 g/mol. The first-order chi connectivity index (χ1) is 15.7. The van der Waals surface area contributed by atoms with Crippen LogP contribution in [0.1, 0.15) is 40.1 Å². The molecule has 0 atom stereocenters. The number of ketones is 1. The van der Waals surface area contributed by atoms with Crippen molar-refractivity contribution in [2.75, 3.05) is 0 Å². The minimum atomic E-state index is -0.0567. The molecule has 0 radical (unpaired) electrons. The number of carbonyl (C=O) groups is 2. The number of benzene rings is 2. The average Bonchev–Trinajstić information content (AvgIpc) is 3.49. The summed E-state index contributed by atoms with van der Waals surface area (Å²) in [6.07, 6.45) is 3.26. The number of rotatable bonds is 10. The Morgan fingerprint density at radius 1 is 0.906 bits per heavy atom. The fraction of sp³-hybridized carbons (Fsp3) is 0.192. The Hall–Kier alpha value is -3.51. The van der Waals surface area contributed by atoms with Crippen molar-refractivity contribution in [3.8, 4) is 11.3 Å². The van der Waals surface area contributed by atoms with Crippen LogP contribution in [0.15, 0.2) is 84.4 Å². The zero-order chi connectivity index (χ0) is 22.2. The second-order valence-corrected chi connectivity index (χ2v) is 8.53. The molecule has 32 heavy (non-hydrogen) atoms. The van der Waals surface area contributed by atoms with Crippen LogP contribution in [0.3, 0.4) is 0 Å². The fourth-order valence-electron chi connectivity index (χ4n) is 3.53. The molecule has 0 aliphatic carbocycles. The van der Waals surface area contributed by atoms with Gasteiger partial charge in [0.1, 0.15) is 0 Å². The fourth-order valence-corrected chi connectivity index (χ4v) is 4.23. The number of amides is 1. The van der Waals surface area contributed by atoms with E-state index in [1.807, 2.05) is 76.9 Å². The maximum absolute atomic E-state index is 12.4. The van der Waals surface area contributed by atoms with Crippen LogP contribution >= 0.6 is 11.3 Å². The molecule has 0 fully saturated rings. The molecule has 5 nitrogen and oxygen atoms in total. The molecule has 0 saturated carbocycles. The molecular formula is C26H25N3O2S. The Bertz CT molecular complexity index is 1150. The summed E-state index contributed by atoms with van der Waals surface area (Å²) in [4.78, 5) is 25.2. The summed E-state index contributed by atoms with van der Waals surface area (Å²) >= 11 is 1.44. The standard InChI is InChI=1S/C26H25N3O2S/c30-23(24-14-8-16-32-24)13-7-15-25(31)27-17-22-19-29(18-20-9-3-1-4-10-20)28-26(22)21-11-5-2-6-12-21/h1-6,8-12,14,16,19H,7,13,15,17-18H2,(H,27,31). The molecule has 2 aromatic carbocycles. The van der Waals surface area contributed by atoms with E-state index in [1.165, 1.54) is 16.9 Å². The molecule has 0 spiro atoms. The van der Waals surface area contributed by atoms with Gasteiger partial charge in [-0.3, -0.25) is 14.3 Å². The summed E-state index contributed by atoms with van der Waals surface area (Å²) in [6.45, 7) is 1.07. The molecule has 0 saturated heterocycles. The van der Waals surface area contributed by atoms with Crippen LogP contribution in [0.25, 0.3) is 11.3 Å². The number of nitrogens with one attached hydrogen (secondary N) is 1. The molecule has 1 N–H and O–H groups in total. The summed E-state index contributed by atoms with van der Waals surface area (Å²) in [5.74, 6) is 0.0418. The molecule has 1 amide bonds. The highest BCUT2D eigenvalue weighted by Crippen LogP contribution is 2.22. The van der Waals surface area contributed by atoms with Crippen molar-refractivity contribution in [2.45, 2.75) is 32.4 Å². The van der Waals surface area contributed by atoms with Crippen molar-refractivity contribution < 1.29 is 9.59 Å². The first-order valence-corrected chi connectivity index (χ1v) is 11.6. The topological polar surface area (TPSA) is 64.0 Å². The van der Waals surface area contributed by atoms with E-state index in [2.05, 4.69) is 17.4 Å². The lowest BCUT2D eigenvalue weighted by Crippen LogP contribution is -2.22. The lowest BCUT2D eigenvalue weighted by Gasteiger charge is -2.05. The van der Waals surface area contributed by atoms with Gasteiger partial charge in [0.2, 0.25) is 5.91 Å². The van der Waals surface area contributed by atoms with Gasteiger partial charge in [-0.25, -0.2) is 0 Å². The first-order valence-electron chi connectivity index (χ1n) is 10.7. The highest BCUT2D eigenvalue weighted by Gasteiger charge is 2.13. The molecule has 4 rings (SSSR count). The van der Waals surface area contributed by atoms with Gasteiger partial charge in [-0.1, -0.05) is 66.7 Å². The minimum absolute atomic E-state index is 0.0567. The van der Waals surface area contributed by atoms with Crippen molar-refractivity contribution in [1.29, 1.82) is 0 Å². The quantitative estimate of drug-likeness (QED) is 0.337. The predicted molar refractivity (Wildman–Crippen MR) is 128 cm³/mol. The second-order valence-electron chi connectivity index (χ2n) is 7.58. The summed E-state index contributed by atoms with van der Waals surface area (Å²) in [6, 6.07) is 23.9. The third kappa shape index (κ3) is 5.80. The van der Waals surface area contributed by atoms with Gasteiger partial charge in [0.05, 0.1) is 17.1 Å². The normalized spacial score (nSPS) is 10.8. The molecule has 4 aromatic rings. The van der Waals surface area contributed by atoms with E-state index in [4.69, 9.17) is 5.10 Å². The van der Waals surface area contributed by atoms with Gasteiger partial charge in [0.25, 0.3) is 0 Å². The zero-order valence-corrected chi connectivity index (χ0v) is 18.6. The maximum atomic E-state index is 12.4. The van der Waals surface area contributed by atoms with E-state index < -0.39 is 0 Å². The Kier molecular flexibility index (Phi) is 7.25. The molecule has 2 heterocycles. The van der Waals surface area contributed by atoms with Gasteiger partial charge < -0.3 is 5.32 Å². The Balaban J connectivity index is 1.38. The number of nitrogens with zero attached hydrogens (tertiary/aromatic N) is 2. The van der Waals surface area contributed by atoms with Crippen LogP contribution in [-0.2, 0) is 17.9 Å². The molecule has 0 unspecified atom stereocenters. The van der Waals surface area contributed by atoms with E-state index in [1.54, 1.807) is 0 Å². The molecular weight excluding hydrogens is 418 g/mol. The van der Waals surface area contributed by atoms with Crippen molar-refractivity contribution in [3.63, 3.8) is 0 Å². The predicted octanol–water partition coefficient (Wildman–Crippen LogP) is 5.33. The Morgan fingerprint density at radius 3 is 2.38 bits per heavy atom. The summed E-state index contributed by atoms with van der Waals surface area (Å²) in [7, 11) is 0. The summed E-state index contributed by atoms with van der Waals surface area (Å²) in [5, 5.41) is 9.67. The van der Waals surface area contributed by atoms with Crippen molar-refractivity contribution in [1.82, 2.24) is 15.1 Å². The highest BCUT2D eigenvalue weighted by molar-refractivity contribution is 7.12. The van der Waals surface area contributed by atoms with E-state index in [-0.39, 0.29) is 11.7 Å². The smallest absolute Gasteiger partial charge is 0.220 e. The summed E-state index contributed by atoms with van der Waals surface area (Å²) < 4.78 is 1.92. The third-order valence-electron chi connectivity index (χ3n) is 5.15. The molecule has 2 aromatic heterocycles. The van der Waals surface area contributed by atoms with Gasteiger partial charge in [-0.15, -0.1) is 11.3 Å². The lowest BCUT2D eigenvalue weighted by molar-refractivity contribution is -0.121. The highest BCUT2D eigenvalue weighted by atomic mass is 32.1. The third-order valence-corrected chi connectivity index (χ3v) is 6.06. The lowest BCUT2D eigenvalue weighted by atomic mass is 10.1. The van der Waals surface area contributed by atoms with Gasteiger partial charge >= 0.3 is 0 Å². The van der Waals surface area contributed by atoms with Crippen molar-refractivity contribution in [3.05, 3.63) is 100 Å². The van der Waals surface area contributed by atoms with E-state index in [9.17, 15) is 9.59 Å². The SMILES string of the molecule is O=C(CCCC(=O)c1cccs1)NCc1cn(Cc2ccccc2)nc1-c1ccccc1. The Labute approximate surface area is 191 Å². The molecule has 6 heteroatoms. The van der Waals surface area contributed by atoms with Gasteiger partial charge in [-0.2, -0.15) is 5.10 Å². The number of hydrogen-bond acceptors (Lipinski definition) is 4. The van der Waals surface area contributed by atoms with Crippen LogP contribution in [0.2, 0.25) is 0 Å². The van der Waals surface area contributed by atoms with Gasteiger partial charge in [-0.05, 0) is 23.4 Å². The van der Waals surface area contributed by atoms with Crippen molar-refractivity contribution in [2.24, 2.45) is 0 Å². The van der Waals surface area contributed by atoms with Gasteiger partial charge in [0, 0.05) is 36.7 Å².